The van der Waals surface area contributed by atoms with Gasteiger partial charge in [0.2, 0.25) is 0 Å². The zero-order valence-corrected chi connectivity index (χ0v) is 10.8. The van der Waals surface area contributed by atoms with E-state index in [1.54, 1.807) is 11.3 Å². The maximum Gasteiger partial charge on any atom is 0.168 e. The number of anilines is 2. The minimum Gasteiger partial charge on any atom is -0.381 e. The molecule has 0 bridgehead atoms. The number of aryl methyl sites for hydroxylation is 1. The lowest BCUT2D eigenvalue weighted by molar-refractivity contribution is 0.578. The number of hydrogen-bond acceptors (Lipinski definition) is 4. The Bertz CT molecular complexity index is 568. The quantitative estimate of drug-likeness (QED) is 0.896. The number of rotatable bonds is 3. The number of pyridine rings is 1. The van der Waals surface area contributed by atoms with Gasteiger partial charge < -0.3 is 11.1 Å². The van der Waals surface area contributed by atoms with E-state index in [2.05, 4.69) is 10.3 Å². The Morgan fingerprint density at radius 2 is 2.06 bits per heavy atom. The number of halogens is 2. The normalized spacial score (nSPS) is 12.4. The monoisotopic (exact) mass is 269 g/mol. The summed E-state index contributed by atoms with van der Waals surface area (Å²) in [5.74, 6) is -1.94. The SMILES string of the molecule is Cc1ccc(C(C)Nc2nc(N)c(F)cc2F)s1. The van der Waals surface area contributed by atoms with Crippen LogP contribution in [0.15, 0.2) is 18.2 Å². The molecule has 0 saturated carbocycles. The molecule has 3 N–H and O–H groups in total. The van der Waals surface area contributed by atoms with Gasteiger partial charge in [-0.2, -0.15) is 0 Å². The third kappa shape index (κ3) is 2.59. The van der Waals surface area contributed by atoms with Gasteiger partial charge in [-0.1, -0.05) is 0 Å². The van der Waals surface area contributed by atoms with Crippen molar-refractivity contribution in [1.29, 1.82) is 0 Å². The van der Waals surface area contributed by atoms with Gasteiger partial charge in [0.1, 0.15) is 0 Å². The van der Waals surface area contributed by atoms with Crippen LogP contribution in [-0.4, -0.2) is 4.98 Å². The zero-order chi connectivity index (χ0) is 13.3. The lowest BCUT2D eigenvalue weighted by Crippen LogP contribution is -2.10. The minimum absolute atomic E-state index is 0.0348. The molecule has 2 aromatic heterocycles. The second-order valence-corrected chi connectivity index (χ2v) is 5.32. The van der Waals surface area contributed by atoms with Gasteiger partial charge in [0, 0.05) is 15.8 Å². The molecule has 1 atom stereocenters. The summed E-state index contributed by atoms with van der Waals surface area (Å²) in [5.41, 5.74) is 5.32. The van der Waals surface area contributed by atoms with E-state index in [0.29, 0.717) is 0 Å². The maximum atomic E-state index is 13.5. The van der Waals surface area contributed by atoms with Crippen LogP contribution in [0.5, 0.6) is 0 Å². The molecule has 6 heteroatoms. The lowest BCUT2D eigenvalue weighted by atomic mass is 10.2. The number of thiophene rings is 1. The number of hydrogen-bond donors (Lipinski definition) is 2. The molecular formula is C12H13F2N3S. The molecule has 0 aliphatic heterocycles. The molecule has 96 valence electrons. The van der Waals surface area contributed by atoms with Crippen molar-refractivity contribution in [2.45, 2.75) is 19.9 Å². The molecule has 0 aromatic carbocycles. The number of nitrogen functional groups attached to an aromatic ring is 1. The average Bonchev–Trinajstić information content (AvgIpc) is 2.73. The van der Waals surface area contributed by atoms with Crippen molar-refractivity contribution in [3.63, 3.8) is 0 Å². The van der Waals surface area contributed by atoms with Crippen LogP contribution in [0.1, 0.15) is 22.7 Å². The molecule has 2 aromatic rings. The van der Waals surface area contributed by atoms with Crippen molar-refractivity contribution in [2.24, 2.45) is 0 Å². The summed E-state index contributed by atoms with van der Waals surface area (Å²) in [6.07, 6.45) is 0. The van der Waals surface area contributed by atoms with Crippen molar-refractivity contribution in [1.82, 2.24) is 4.98 Å². The van der Waals surface area contributed by atoms with Gasteiger partial charge in [0.15, 0.2) is 23.3 Å². The highest BCUT2D eigenvalue weighted by Gasteiger charge is 2.14. The predicted octanol–water partition coefficient (Wildman–Crippen LogP) is 3.49. The first-order valence-electron chi connectivity index (χ1n) is 5.41. The van der Waals surface area contributed by atoms with E-state index >= 15 is 0 Å². The fourth-order valence-corrected chi connectivity index (χ4v) is 2.42. The molecule has 0 spiro atoms. The van der Waals surface area contributed by atoms with Gasteiger partial charge in [0.25, 0.3) is 0 Å². The summed E-state index contributed by atoms with van der Waals surface area (Å²) in [6, 6.07) is 4.57. The molecule has 0 amide bonds. The Hall–Kier alpha value is -1.69. The van der Waals surface area contributed by atoms with Gasteiger partial charge in [0.05, 0.1) is 6.04 Å². The maximum absolute atomic E-state index is 13.5. The van der Waals surface area contributed by atoms with Gasteiger partial charge in [-0.05, 0) is 26.0 Å². The van der Waals surface area contributed by atoms with E-state index in [0.717, 1.165) is 10.9 Å². The molecule has 3 nitrogen and oxygen atoms in total. The molecule has 0 aliphatic carbocycles. The van der Waals surface area contributed by atoms with Gasteiger partial charge in [-0.25, -0.2) is 13.8 Å². The first kappa shape index (κ1) is 12.8. The van der Waals surface area contributed by atoms with Crippen LogP contribution >= 0.6 is 11.3 Å². The highest BCUT2D eigenvalue weighted by Crippen LogP contribution is 2.26. The van der Waals surface area contributed by atoms with Crippen LogP contribution in [0, 0.1) is 18.6 Å². The van der Waals surface area contributed by atoms with Crippen molar-refractivity contribution < 1.29 is 8.78 Å². The van der Waals surface area contributed by atoms with Crippen LogP contribution < -0.4 is 11.1 Å². The fourth-order valence-electron chi connectivity index (χ4n) is 1.54. The largest absolute Gasteiger partial charge is 0.381 e. The second kappa shape index (κ2) is 4.89. The van der Waals surface area contributed by atoms with Crippen LogP contribution in [-0.2, 0) is 0 Å². The first-order valence-corrected chi connectivity index (χ1v) is 6.23. The van der Waals surface area contributed by atoms with Crippen LogP contribution in [0.2, 0.25) is 0 Å². The second-order valence-electron chi connectivity index (χ2n) is 4.00. The number of nitrogens with zero attached hydrogens (tertiary/aromatic N) is 1. The van der Waals surface area contributed by atoms with Crippen molar-refractivity contribution in [3.05, 3.63) is 39.6 Å². The van der Waals surface area contributed by atoms with E-state index < -0.39 is 11.6 Å². The fraction of sp³-hybridized carbons (Fsp3) is 0.250. The van der Waals surface area contributed by atoms with Crippen molar-refractivity contribution >= 4 is 23.0 Å². The third-order valence-electron chi connectivity index (χ3n) is 2.50. The van der Waals surface area contributed by atoms with Gasteiger partial charge in [-0.15, -0.1) is 11.3 Å². The number of nitrogens with two attached hydrogens (primary N) is 1. The molecule has 0 fully saturated rings. The summed E-state index contributed by atoms with van der Waals surface area (Å²) >= 11 is 1.61. The molecule has 2 rings (SSSR count). The number of aromatic nitrogens is 1. The summed E-state index contributed by atoms with van der Waals surface area (Å²) in [4.78, 5) is 5.89. The highest BCUT2D eigenvalue weighted by atomic mass is 32.1. The molecule has 0 radical (unpaired) electrons. The Balaban J connectivity index is 2.21. The third-order valence-corrected chi connectivity index (χ3v) is 3.68. The summed E-state index contributed by atoms with van der Waals surface area (Å²) in [7, 11) is 0. The highest BCUT2D eigenvalue weighted by molar-refractivity contribution is 7.12. The van der Waals surface area contributed by atoms with Crippen LogP contribution in [0.3, 0.4) is 0 Å². The molecule has 1 unspecified atom stereocenters. The summed E-state index contributed by atoms with van der Waals surface area (Å²) in [5, 5.41) is 2.89. The zero-order valence-electron chi connectivity index (χ0n) is 10.00. The summed E-state index contributed by atoms with van der Waals surface area (Å²) in [6.45, 7) is 3.88. The van der Waals surface area contributed by atoms with E-state index in [-0.39, 0.29) is 17.7 Å². The topological polar surface area (TPSA) is 50.9 Å². The van der Waals surface area contributed by atoms with Crippen molar-refractivity contribution in [2.75, 3.05) is 11.1 Å². The van der Waals surface area contributed by atoms with Gasteiger partial charge >= 0.3 is 0 Å². The molecule has 0 aliphatic rings. The Morgan fingerprint density at radius 1 is 1.33 bits per heavy atom. The standard InChI is InChI=1S/C12H13F2N3S/c1-6-3-4-10(18-6)7(2)16-12-9(14)5-8(13)11(15)17-12/h3-5,7H,1-2H3,(H3,15,16,17). The molecule has 18 heavy (non-hydrogen) atoms. The van der Waals surface area contributed by atoms with Crippen LogP contribution in [0.25, 0.3) is 0 Å². The summed E-state index contributed by atoms with van der Waals surface area (Å²) < 4.78 is 26.5. The Labute approximate surface area is 108 Å². The minimum atomic E-state index is -0.849. The average molecular weight is 269 g/mol. The van der Waals surface area contributed by atoms with E-state index in [1.807, 2.05) is 26.0 Å². The van der Waals surface area contributed by atoms with E-state index in [1.165, 1.54) is 4.88 Å². The first-order chi connectivity index (χ1) is 8.47. The smallest absolute Gasteiger partial charge is 0.168 e. The van der Waals surface area contributed by atoms with Crippen molar-refractivity contribution in [3.8, 4) is 0 Å². The number of nitrogens with one attached hydrogen (secondary N) is 1. The van der Waals surface area contributed by atoms with Gasteiger partial charge in [-0.3, -0.25) is 0 Å². The Morgan fingerprint density at radius 3 is 2.67 bits per heavy atom. The Kier molecular flexibility index (Phi) is 3.47. The predicted molar refractivity (Wildman–Crippen MR) is 69.7 cm³/mol. The lowest BCUT2D eigenvalue weighted by Gasteiger charge is -2.14. The van der Waals surface area contributed by atoms with E-state index in [4.69, 9.17) is 5.73 Å². The molecule has 2 heterocycles. The van der Waals surface area contributed by atoms with E-state index in [9.17, 15) is 8.78 Å². The van der Waals surface area contributed by atoms with Crippen LogP contribution in [0.4, 0.5) is 20.4 Å². The molecular weight excluding hydrogens is 256 g/mol. The molecule has 0 saturated heterocycles.